The van der Waals surface area contributed by atoms with Crippen molar-refractivity contribution in [1.82, 2.24) is 5.32 Å². The lowest BCUT2D eigenvalue weighted by atomic mass is 10.1. The quantitative estimate of drug-likeness (QED) is 0.576. The maximum absolute atomic E-state index is 11.7. The Bertz CT molecular complexity index is 431. The maximum atomic E-state index is 11.7. The lowest BCUT2D eigenvalue weighted by Gasteiger charge is -2.09. The highest BCUT2D eigenvalue weighted by Gasteiger charge is 2.13. The highest BCUT2D eigenvalue weighted by Crippen LogP contribution is 2.24. The number of nitrogens with one attached hydrogen (secondary N) is 1. The lowest BCUT2D eigenvalue weighted by Crippen LogP contribution is -2.30. The van der Waals surface area contributed by atoms with E-state index in [1.165, 1.54) is 14.2 Å². The summed E-state index contributed by atoms with van der Waals surface area (Å²) in [4.78, 5) is 22.6. The first-order chi connectivity index (χ1) is 8.10. The first-order valence-corrected chi connectivity index (χ1v) is 4.87. The largest absolute Gasteiger partial charge is 0.495 e. The summed E-state index contributed by atoms with van der Waals surface area (Å²) >= 11 is 0. The fraction of sp³-hybridized carbons (Fsp3) is 0.273. The van der Waals surface area contributed by atoms with Gasteiger partial charge in [-0.15, -0.1) is 0 Å². The fourth-order valence-corrected chi connectivity index (χ4v) is 1.24. The number of ether oxygens (including phenoxy) is 2. The van der Waals surface area contributed by atoms with Gasteiger partial charge in [-0.25, -0.2) is 0 Å². The summed E-state index contributed by atoms with van der Waals surface area (Å²) in [6.07, 6.45) is 0. The number of hydrogen-bond acceptors (Lipinski definition) is 5. The molecule has 0 atom stereocenters. The zero-order valence-electron chi connectivity index (χ0n) is 9.65. The molecule has 0 aromatic heterocycles. The van der Waals surface area contributed by atoms with Crippen LogP contribution in [0.1, 0.15) is 10.4 Å². The Balaban J connectivity index is 2.79. The molecular formula is C11H14N2O4. The van der Waals surface area contributed by atoms with Crippen molar-refractivity contribution < 1.29 is 19.1 Å². The second kappa shape index (κ2) is 5.74. The number of nitrogen functional groups attached to an aromatic ring is 1. The average molecular weight is 238 g/mol. The summed E-state index contributed by atoms with van der Waals surface area (Å²) in [5.74, 6) is -0.567. The molecule has 6 nitrogen and oxygen atoms in total. The molecular weight excluding hydrogens is 224 g/mol. The van der Waals surface area contributed by atoms with E-state index in [0.29, 0.717) is 5.75 Å². The molecule has 92 valence electrons. The van der Waals surface area contributed by atoms with Gasteiger partial charge in [0.1, 0.15) is 12.3 Å². The standard InChI is InChI=1S/C11H14N2O4/c1-16-8-5-3-4-7(10(8)12)11(15)13-6-9(14)17-2/h3-5H,6,12H2,1-2H3,(H,13,15). The lowest BCUT2D eigenvalue weighted by molar-refractivity contribution is -0.139. The Morgan fingerprint density at radius 3 is 2.65 bits per heavy atom. The summed E-state index contributed by atoms with van der Waals surface area (Å²) in [7, 11) is 2.70. The third-order valence-electron chi connectivity index (χ3n) is 2.15. The van der Waals surface area contributed by atoms with Gasteiger partial charge in [-0.2, -0.15) is 0 Å². The topological polar surface area (TPSA) is 90.6 Å². The summed E-state index contributed by atoms with van der Waals surface area (Å²) in [6, 6.07) is 4.83. The van der Waals surface area contributed by atoms with E-state index in [0.717, 1.165) is 0 Å². The predicted octanol–water partition coefficient (Wildman–Crippen LogP) is 0.180. The third kappa shape index (κ3) is 3.10. The van der Waals surface area contributed by atoms with Gasteiger partial charge >= 0.3 is 5.97 Å². The van der Waals surface area contributed by atoms with E-state index in [2.05, 4.69) is 10.1 Å². The van der Waals surface area contributed by atoms with Crippen molar-refractivity contribution >= 4 is 17.6 Å². The van der Waals surface area contributed by atoms with E-state index < -0.39 is 11.9 Å². The molecule has 1 aromatic carbocycles. The van der Waals surface area contributed by atoms with E-state index in [9.17, 15) is 9.59 Å². The van der Waals surface area contributed by atoms with E-state index >= 15 is 0 Å². The minimum atomic E-state index is -0.528. The van der Waals surface area contributed by atoms with Gasteiger partial charge in [0.2, 0.25) is 0 Å². The number of para-hydroxylation sites is 1. The Hall–Kier alpha value is -2.24. The molecule has 1 amide bonds. The number of methoxy groups -OCH3 is 2. The number of benzene rings is 1. The molecule has 0 saturated carbocycles. The Morgan fingerprint density at radius 1 is 1.35 bits per heavy atom. The third-order valence-corrected chi connectivity index (χ3v) is 2.15. The zero-order valence-corrected chi connectivity index (χ0v) is 9.65. The van der Waals surface area contributed by atoms with Crippen molar-refractivity contribution in [2.75, 3.05) is 26.5 Å². The Kier molecular flexibility index (Phi) is 4.33. The molecule has 1 rings (SSSR count). The zero-order chi connectivity index (χ0) is 12.8. The molecule has 6 heteroatoms. The highest BCUT2D eigenvalue weighted by atomic mass is 16.5. The van der Waals surface area contributed by atoms with Crippen LogP contribution >= 0.6 is 0 Å². The smallest absolute Gasteiger partial charge is 0.325 e. The van der Waals surface area contributed by atoms with Crippen LogP contribution in [0.15, 0.2) is 18.2 Å². The molecule has 3 N–H and O–H groups in total. The summed E-state index contributed by atoms with van der Waals surface area (Å²) in [5.41, 5.74) is 6.22. The van der Waals surface area contributed by atoms with Crippen molar-refractivity contribution in [2.45, 2.75) is 0 Å². The predicted molar refractivity (Wildman–Crippen MR) is 61.8 cm³/mol. The molecule has 0 fully saturated rings. The monoisotopic (exact) mass is 238 g/mol. The van der Waals surface area contributed by atoms with Gasteiger partial charge in [-0.3, -0.25) is 9.59 Å². The van der Waals surface area contributed by atoms with Crippen LogP contribution < -0.4 is 15.8 Å². The average Bonchev–Trinajstić information content (AvgIpc) is 2.35. The normalized spacial score (nSPS) is 9.53. The number of nitrogens with two attached hydrogens (primary N) is 1. The molecule has 0 spiro atoms. The molecule has 0 saturated heterocycles. The van der Waals surface area contributed by atoms with E-state index in [4.69, 9.17) is 10.5 Å². The van der Waals surface area contributed by atoms with Gasteiger partial charge in [0.25, 0.3) is 5.91 Å². The fourth-order valence-electron chi connectivity index (χ4n) is 1.24. The second-order valence-corrected chi connectivity index (χ2v) is 3.18. The number of anilines is 1. The maximum Gasteiger partial charge on any atom is 0.325 e. The molecule has 0 unspecified atom stereocenters. The number of hydrogen-bond donors (Lipinski definition) is 2. The van der Waals surface area contributed by atoms with Crippen LogP contribution in [0.5, 0.6) is 5.75 Å². The van der Waals surface area contributed by atoms with Gasteiger partial charge < -0.3 is 20.5 Å². The highest BCUT2D eigenvalue weighted by molar-refractivity contribution is 6.01. The van der Waals surface area contributed by atoms with Gasteiger partial charge in [0.05, 0.1) is 25.5 Å². The van der Waals surface area contributed by atoms with Crippen molar-refractivity contribution in [3.05, 3.63) is 23.8 Å². The second-order valence-electron chi connectivity index (χ2n) is 3.18. The summed E-state index contributed by atoms with van der Waals surface area (Å²) < 4.78 is 9.39. The van der Waals surface area contributed by atoms with Gasteiger partial charge in [0, 0.05) is 0 Å². The summed E-state index contributed by atoms with van der Waals surface area (Å²) in [5, 5.41) is 2.39. The van der Waals surface area contributed by atoms with Crippen LogP contribution in [0.25, 0.3) is 0 Å². The molecule has 1 aromatic rings. The Labute approximate surface area is 98.7 Å². The first-order valence-electron chi connectivity index (χ1n) is 4.87. The molecule has 0 aliphatic heterocycles. The molecule has 0 radical (unpaired) electrons. The van der Waals surface area contributed by atoms with E-state index in [-0.39, 0.29) is 17.8 Å². The number of rotatable bonds is 4. The van der Waals surface area contributed by atoms with Gasteiger partial charge in [0.15, 0.2) is 0 Å². The van der Waals surface area contributed by atoms with Crippen LogP contribution in [0.3, 0.4) is 0 Å². The molecule has 0 bridgehead atoms. The van der Waals surface area contributed by atoms with E-state index in [1.54, 1.807) is 18.2 Å². The van der Waals surface area contributed by atoms with Gasteiger partial charge in [-0.1, -0.05) is 6.07 Å². The number of amides is 1. The van der Waals surface area contributed by atoms with Crippen molar-refractivity contribution in [2.24, 2.45) is 0 Å². The SMILES string of the molecule is COC(=O)CNC(=O)c1cccc(OC)c1N. The Morgan fingerprint density at radius 2 is 2.06 bits per heavy atom. The molecule has 0 heterocycles. The summed E-state index contributed by atoms with van der Waals surface area (Å²) in [6.45, 7) is -0.202. The first kappa shape index (κ1) is 12.8. The minimum Gasteiger partial charge on any atom is -0.495 e. The van der Waals surface area contributed by atoms with Crippen molar-refractivity contribution in [3.8, 4) is 5.75 Å². The molecule has 0 aliphatic carbocycles. The van der Waals surface area contributed by atoms with Crippen molar-refractivity contribution in [1.29, 1.82) is 0 Å². The van der Waals surface area contributed by atoms with Crippen LogP contribution in [-0.2, 0) is 9.53 Å². The van der Waals surface area contributed by atoms with Gasteiger partial charge in [-0.05, 0) is 12.1 Å². The van der Waals surface area contributed by atoms with Crippen LogP contribution in [0.4, 0.5) is 5.69 Å². The number of esters is 1. The van der Waals surface area contributed by atoms with Crippen LogP contribution in [-0.4, -0.2) is 32.6 Å². The molecule has 17 heavy (non-hydrogen) atoms. The van der Waals surface area contributed by atoms with Crippen LogP contribution in [0, 0.1) is 0 Å². The molecule has 0 aliphatic rings. The number of carbonyl (C=O) groups is 2. The van der Waals surface area contributed by atoms with E-state index in [1.807, 2.05) is 0 Å². The number of carbonyl (C=O) groups excluding carboxylic acids is 2. The van der Waals surface area contributed by atoms with Crippen LogP contribution in [0.2, 0.25) is 0 Å². The van der Waals surface area contributed by atoms with Crippen molar-refractivity contribution in [3.63, 3.8) is 0 Å². The minimum absolute atomic E-state index is 0.202.